The van der Waals surface area contributed by atoms with Crippen molar-refractivity contribution in [3.63, 3.8) is 0 Å². The van der Waals surface area contributed by atoms with Crippen molar-refractivity contribution in [2.75, 3.05) is 6.54 Å². The molecule has 5 aliphatic rings. The smallest absolute Gasteiger partial charge is 0.0537 e. The summed E-state index contributed by atoms with van der Waals surface area (Å²) in [7, 11) is 0. The lowest BCUT2D eigenvalue weighted by Gasteiger charge is -2.56. The molecule has 3 heteroatoms. The zero-order chi connectivity index (χ0) is 13.2. The molecule has 0 radical (unpaired) electrons. The molecule has 2 heterocycles. The van der Waals surface area contributed by atoms with Crippen LogP contribution in [0, 0.1) is 23.2 Å². The summed E-state index contributed by atoms with van der Waals surface area (Å²) in [5, 5.41) is 8.21. The number of hydrogen-bond donors (Lipinski definition) is 1. The summed E-state index contributed by atoms with van der Waals surface area (Å²) in [6, 6.07) is 0. The van der Waals surface area contributed by atoms with E-state index in [9.17, 15) is 0 Å². The second-order valence-corrected chi connectivity index (χ2v) is 8.12. The topological polar surface area (TPSA) is 29.9 Å². The van der Waals surface area contributed by atoms with Crippen molar-refractivity contribution in [3.05, 3.63) is 17.5 Å². The van der Waals surface area contributed by atoms with Crippen LogP contribution in [-0.2, 0) is 19.5 Å². The monoisotopic (exact) mass is 271 g/mol. The zero-order valence-electron chi connectivity index (χ0n) is 12.3. The number of aromatic nitrogens is 2. The third-order valence-corrected chi connectivity index (χ3v) is 6.54. The van der Waals surface area contributed by atoms with Crippen LogP contribution in [0.4, 0.5) is 0 Å². The first-order chi connectivity index (χ1) is 9.80. The van der Waals surface area contributed by atoms with Gasteiger partial charge in [0.2, 0.25) is 0 Å². The van der Waals surface area contributed by atoms with Gasteiger partial charge in [0.1, 0.15) is 0 Å². The number of rotatable bonds is 2. The van der Waals surface area contributed by atoms with Gasteiger partial charge in [-0.25, -0.2) is 0 Å². The Kier molecular flexibility index (Phi) is 2.41. The molecular formula is C17H25N3. The van der Waals surface area contributed by atoms with Crippen molar-refractivity contribution in [1.29, 1.82) is 0 Å². The Labute approximate surface area is 121 Å². The summed E-state index contributed by atoms with van der Waals surface area (Å²) < 4.78 is 2.39. The SMILES string of the molecule is c1nn(CC23CC4CC(CC(C4)C2)C3)c2c1CNCC2. The summed E-state index contributed by atoms with van der Waals surface area (Å²) in [6.07, 6.45) is 12.4. The highest BCUT2D eigenvalue weighted by atomic mass is 15.3. The maximum Gasteiger partial charge on any atom is 0.0537 e. The van der Waals surface area contributed by atoms with Crippen molar-refractivity contribution in [1.82, 2.24) is 15.1 Å². The van der Waals surface area contributed by atoms with Crippen LogP contribution in [0.2, 0.25) is 0 Å². The molecule has 1 N–H and O–H groups in total. The highest BCUT2D eigenvalue weighted by molar-refractivity contribution is 5.21. The van der Waals surface area contributed by atoms with Gasteiger partial charge >= 0.3 is 0 Å². The fourth-order valence-electron chi connectivity index (χ4n) is 6.25. The highest BCUT2D eigenvalue weighted by Gasteiger charge is 2.51. The summed E-state index contributed by atoms with van der Waals surface area (Å²) in [5.41, 5.74) is 3.58. The van der Waals surface area contributed by atoms with E-state index in [-0.39, 0.29) is 0 Å². The van der Waals surface area contributed by atoms with E-state index < -0.39 is 0 Å². The molecule has 4 bridgehead atoms. The van der Waals surface area contributed by atoms with Crippen molar-refractivity contribution >= 4 is 0 Å². The van der Waals surface area contributed by atoms with E-state index in [4.69, 9.17) is 5.10 Å². The number of hydrogen-bond acceptors (Lipinski definition) is 2. The standard InChI is InChI=1S/C17H25N3/c1-2-18-9-15-10-19-20(16(1)15)11-17-6-12-3-13(7-17)5-14(4-12)8-17/h10,12-14,18H,1-9,11H2. The summed E-state index contributed by atoms with van der Waals surface area (Å²) in [6.45, 7) is 3.36. The van der Waals surface area contributed by atoms with Crippen LogP contribution in [-0.4, -0.2) is 16.3 Å². The quantitative estimate of drug-likeness (QED) is 0.896. The van der Waals surface area contributed by atoms with E-state index in [1.165, 1.54) is 43.5 Å². The lowest BCUT2D eigenvalue weighted by Crippen LogP contribution is -2.48. The summed E-state index contributed by atoms with van der Waals surface area (Å²) in [4.78, 5) is 0. The number of fused-ring (bicyclic) bond motifs is 1. The molecule has 0 spiro atoms. The Hall–Kier alpha value is -0.830. The molecule has 3 nitrogen and oxygen atoms in total. The second kappa shape index (κ2) is 4.09. The van der Waals surface area contributed by atoms with Gasteiger partial charge in [0, 0.05) is 37.3 Å². The molecule has 1 aliphatic heterocycles. The second-order valence-electron chi connectivity index (χ2n) is 8.12. The van der Waals surface area contributed by atoms with Crippen LogP contribution in [0.3, 0.4) is 0 Å². The third kappa shape index (κ3) is 1.71. The molecule has 1 aromatic rings. The van der Waals surface area contributed by atoms with Crippen LogP contribution in [0.15, 0.2) is 6.20 Å². The Morgan fingerprint density at radius 1 is 1.15 bits per heavy atom. The van der Waals surface area contributed by atoms with Gasteiger partial charge in [-0.05, 0) is 61.7 Å². The Balaban J connectivity index is 1.45. The third-order valence-electron chi connectivity index (χ3n) is 6.54. The molecule has 0 aromatic carbocycles. The molecule has 0 atom stereocenters. The molecule has 1 aromatic heterocycles. The molecule has 0 saturated heterocycles. The molecule has 108 valence electrons. The predicted molar refractivity (Wildman–Crippen MR) is 78.2 cm³/mol. The van der Waals surface area contributed by atoms with Crippen LogP contribution >= 0.6 is 0 Å². The van der Waals surface area contributed by atoms with Gasteiger partial charge < -0.3 is 5.32 Å². The van der Waals surface area contributed by atoms with Crippen molar-refractivity contribution in [2.45, 2.75) is 58.0 Å². The van der Waals surface area contributed by atoms with E-state index in [0.29, 0.717) is 5.41 Å². The lowest BCUT2D eigenvalue weighted by molar-refractivity contribution is -0.0639. The van der Waals surface area contributed by atoms with E-state index in [1.54, 1.807) is 19.3 Å². The first-order valence-electron chi connectivity index (χ1n) is 8.54. The molecule has 4 saturated carbocycles. The van der Waals surface area contributed by atoms with Crippen LogP contribution < -0.4 is 5.32 Å². The lowest BCUT2D eigenvalue weighted by atomic mass is 9.49. The zero-order valence-corrected chi connectivity index (χ0v) is 12.3. The van der Waals surface area contributed by atoms with Gasteiger partial charge in [0.25, 0.3) is 0 Å². The minimum absolute atomic E-state index is 0.611. The van der Waals surface area contributed by atoms with Crippen molar-refractivity contribution in [2.24, 2.45) is 23.2 Å². The first kappa shape index (κ1) is 11.8. The van der Waals surface area contributed by atoms with Crippen LogP contribution in [0.1, 0.15) is 49.8 Å². The van der Waals surface area contributed by atoms with Gasteiger partial charge in [-0.1, -0.05) is 0 Å². The normalized spacial score (nSPS) is 41.9. The minimum Gasteiger partial charge on any atom is -0.312 e. The molecule has 4 fully saturated rings. The largest absolute Gasteiger partial charge is 0.312 e. The van der Waals surface area contributed by atoms with E-state index in [0.717, 1.165) is 30.8 Å². The van der Waals surface area contributed by atoms with Gasteiger partial charge in [0.05, 0.1) is 6.20 Å². The molecule has 4 aliphatic carbocycles. The Morgan fingerprint density at radius 3 is 2.55 bits per heavy atom. The molecular weight excluding hydrogens is 246 g/mol. The highest BCUT2D eigenvalue weighted by Crippen LogP contribution is 2.60. The van der Waals surface area contributed by atoms with Gasteiger partial charge in [-0.2, -0.15) is 5.10 Å². The fraction of sp³-hybridized carbons (Fsp3) is 0.824. The van der Waals surface area contributed by atoms with Crippen molar-refractivity contribution in [3.8, 4) is 0 Å². The summed E-state index contributed by atoms with van der Waals surface area (Å²) >= 11 is 0. The van der Waals surface area contributed by atoms with Gasteiger partial charge in [0.15, 0.2) is 0 Å². The molecule has 20 heavy (non-hydrogen) atoms. The fourth-order valence-corrected chi connectivity index (χ4v) is 6.25. The predicted octanol–water partition coefficient (Wildman–Crippen LogP) is 2.75. The molecule has 0 unspecified atom stereocenters. The first-order valence-corrected chi connectivity index (χ1v) is 8.54. The summed E-state index contributed by atoms with van der Waals surface area (Å²) in [5.74, 6) is 3.15. The van der Waals surface area contributed by atoms with E-state index in [1.807, 2.05) is 0 Å². The number of nitrogens with zero attached hydrogens (tertiary/aromatic N) is 2. The average molecular weight is 271 g/mol. The molecule has 0 amide bonds. The van der Waals surface area contributed by atoms with Crippen LogP contribution in [0.25, 0.3) is 0 Å². The van der Waals surface area contributed by atoms with Crippen molar-refractivity contribution < 1.29 is 0 Å². The Bertz CT molecular complexity index is 495. The van der Waals surface area contributed by atoms with Gasteiger partial charge in [-0.3, -0.25) is 4.68 Å². The Morgan fingerprint density at radius 2 is 1.85 bits per heavy atom. The molecule has 6 rings (SSSR count). The van der Waals surface area contributed by atoms with Crippen LogP contribution in [0.5, 0.6) is 0 Å². The van der Waals surface area contributed by atoms with E-state index >= 15 is 0 Å². The minimum atomic E-state index is 0.611. The number of nitrogens with one attached hydrogen (secondary N) is 1. The average Bonchev–Trinajstić information content (AvgIpc) is 2.80. The van der Waals surface area contributed by atoms with E-state index in [2.05, 4.69) is 16.2 Å². The maximum atomic E-state index is 4.75. The van der Waals surface area contributed by atoms with Gasteiger partial charge in [-0.15, -0.1) is 0 Å². The maximum absolute atomic E-state index is 4.75.